The van der Waals surface area contributed by atoms with Gasteiger partial charge in [0.25, 0.3) is 5.91 Å². The molecule has 0 spiro atoms. The van der Waals surface area contributed by atoms with E-state index in [9.17, 15) is 4.79 Å². The number of carbonyl (C=O) groups excluding carboxylic acids is 1. The monoisotopic (exact) mass is 455 g/mol. The van der Waals surface area contributed by atoms with Crippen LogP contribution in [0.1, 0.15) is 35.3 Å². The molecule has 1 saturated heterocycles. The zero-order valence-electron chi connectivity index (χ0n) is 19.6. The molecule has 2 aromatic carbocycles. The lowest BCUT2D eigenvalue weighted by molar-refractivity contribution is 0.0958. The summed E-state index contributed by atoms with van der Waals surface area (Å²) in [7, 11) is 3.61. The minimum absolute atomic E-state index is 0.253. The van der Waals surface area contributed by atoms with Gasteiger partial charge in [0.15, 0.2) is 0 Å². The van der Waals surface area contributed by atoms with Crippen LogP contribution in [0.2, 0.25) is 0 Å². The summed E-state index contributed by atoms with van der Waals surface area (Å²) in [4.78, 5) is 23.3. The van der Waals surface area contributed by atoms with Crippen molar-refractivity contribution >= 4 is 16.9 Å². The molecule has 1 aliphatic rings. The van der Waals surface area contributed by atoms with Crippen molar-refractivity contribution in [3.8, 4) is 22.9 Å². The number of ether oxygens (including phenoxy) is 1. The molecule has 3 heterocycles. The van der Waals surface area contributed by atoms with Gasteiger partial charge in [-0.1, -0.05) is 30.7 Å². The van der Waals surface area contributed by atoms with E-state index >= 15 is 0 Å². The minimum Gasteiger partial charge on any atom is -0.457 e. The van der Waals surface area contributed by atoms with E-state index < -0.39 is 0 Å². The van der Waals surface area contributed by atoms with Crippen molar-refractivity contribution in [2.45, 2.75) is 25.8 Å². The number of hydrogen-bond acceptors (Lipinski definition) is 5. The van der Waals surface area contributed by atoms with Crippen LogP contribution in [0.3, 0.4) is 0 Å². The van der Waals surface area contributed by atoms with Crippen LogP contribution in [0.5, 0.6) is 11.5 Å². The predicted molar refractivity (Wildman–Crippen MR) is 133 cm³/mol. The fraction of sp³-hybridized carbons (Fsp3) is 0.296. The summed E-state index contributed by atoms with van der Waals surface area (Å²) in [5, 5.41) is 2.57. The fourth-order valence-corrected chi connectivity index (χ4v) is 4.50. The first kappa shape index (κ1) is 22.1. The van der Waals surface area contributed by atoms with E-state index in [-0.39, 0.29) is 5.91 Å². The molecule has 1 aliphatic heterocycles. The Morgan fingerprint density at radius 2 is 1.76 bits per heavy atom. The van der Waals surface area contributed by atoms with Gasteiger partial charge in [0.1, 0.15) is 23.0 Å². The maximum Gasteiger partial charge on any atom is 0.269 e. The van der Waals surface area contributed by atoms with E-state index in [1.54, 1.807) is 25.4 Å². The van der Waals surface area contributed by atoms with Gasteiger partial charge in [0.2, 0.25) is 0 Å². The van der Waals surface area contributed by atoms with Gasteiger partial charge in [-0.15, -0.1) is 0 Å². The van der Waals surface area contributed by atoms with Crippen molar-refractivity contribution in [1.29, 1.82) is 0 Å². The van der Waals surface area contributed by atoms with Crippen LogP contribution in [0.4, 0.5) is 0 Å². The number of imidazole rings is 1. The number of nitrogens with one attached hydrogen (secondary N) is 1. The molecule has 2 aromatic heterocycles. The number of aromatic nitrogens is 3. The Hall–Kier alpha value is -3.71. The molecular formula is C27H29N5O2. The zero-order chi connectivity index (χ0) is 23.5. The molecular weight excluding hydrogens is 426 g/mol. The Bertz CT molecular complexity index is 1310. The Labute approximate surface area is 199 Å². The van der Waals surface area contributed by atoms with Crippen LogP contribution in [0.15, 0.2) is 60.8 Å². The van der Waals surface area contributed by atoms with Gasteiger partial charge in [-0.05, 0) is 49.7 Å². The second-order valence-corrected chi connectivity index (χ2v) is 8.74. The van der Waals surface area contributed by atoms with Gasteiger partial charge >= 0.3 is 0 Å². The highest BCUT2D eigenvalue weighted by atomic mass is 16.5. The van der Waals surface area contributed by atoms with Crippen LogP contribution >= 0.6 is 0 Å². The van der Waals surface area contributed by atoms with Gasteiger partial charge in [-0.2, -0.15) is 0 Å². The molecule has 7 heteroatoms. The van der Waals surface area contributed by atoms with E-state index in [1.807, 2.05) is 25.2 Å². The first-order valence-corrected chi connectivity index (χ1v) is 11.7. The lowest BCUT2D eigenvalue weighted by atomic mass is 10.1. The lowest BCUT2D eigenvalue weighted by Gasteiger charge is -2.26. The van der Waals surface area contributed by atoms with Gasteiger partial charge in [0, 0.05) is 44.5 Å². The first-order chi connectivity index (χ1) is 16.6. The molecule has 1 fully saturated rings. The highest BCUT2D eigenvalue weighted by molar-refractivity contribution is 5.92. The Balaban J connectivity index is 1.36. The quantitative estimate of drug-likeness (QED) is 0.453. The SMILES string of the molecule is CNC(=O)c1cc(Oc2ccc3c(c2)nc(-c2ccc(CN4CCCCC4)cc2)n3C)ccn1. The smallest absolute Gasteiger partial charge is 0.269 e. The number of piperidine rings is 1. The highest BCUT2D eigenvalue weighted by Gasteiger charge is 2.14. The Morgan fingerprint density at radius 3 is 2.53 bits per heavy atom. The van der Waals surface area contributed by atoms with Gasteiger partial charge in [0.05, 0.1) is 11.0 Å². The average Bonchev–Trinajstić information content (AvgIpc) is 3.20. The number of amides is 1. The van der Waals surface area contributed by atoms with Crippen molar-refractivity contribution in [3.05, 3.63) is 72.1 Å². The normalized spacial score (nSPS) is 14.3. The number of rotatable bonds is 6. The summed E-state index contributed by atoms with van der Waals surface area (Å²) in [6, 6.07) is 17.9. The molecule has 0 bridgehead atoms. The summed E-state index contributed by atoms with van der Waals surface area (Å²) in [6.45, 7) is 3.41. The number of fused-ring (bicyclic) bond motifs is 1. The molecule has 0 unspecified atom stereocenters. The molecule has 4 aromatic rings. The number of nitrogens with zero attached hydrogens (tertiary/aromatic N) is 4. The van der Waals surface area contributed by atoms with Gasteiger partial charge in [-0.3, -0.25) is 14.7 Å². The largest absolute Gasteiger partial charge is 0.457 e. The molecule has 5 rings (SSSR count). The number of pyridine rings is 1. The van der Waals surface area contributed by atoms with E-state index in [0.29, 0.717) is 17.2 Å². The van der Waals surface area contributed by atoms with Crippen LogP contribution < -0.4 is 10.1 Å². The van der Waals surface area contributed by atoms with E-state index in [4.69, 9.17) is 9.72 Å². The van der Waals surface area contributed by atoms with E-state index in [0.717, 1.165) is 29.0 Å². The molecule has 0 radical (unpaired) electrons. The second-order valence-electron chi connectivity index (χ2n) is 8.74. The fourth-order valence-electron chi connectivity index (χ4n) is 4.50. The highest BCUT2D eigenvalue weighted by Crippen LogP contribution is 2.29. The zero-order valence-corrected chi connectivity index (χ0v) is 19.6. The van der Waals surface area contributed by atoms with E-state index in [2.05, 4.69) is 44.0 Å². The number of hydrogen-bond donors (Lipinski definition) is 1. The third-order valence-corrected chi connectivity index (χ3v) is 6.35. The summed E-state index contributed by atoms with van der Waals surface area (Å²) in [6.07, 6.45) is 5.53. The number of carbonyl (C=O) groups is 1. The summed E-state index contributed by atoms with van der Waals surface area (Å²) >= 11 is 0. The molecule has 0 aliphatic carbocycles. The van der Waals surface area contributed by atoms with Crippen molar-refractivity contribution in [2.75, 3.05) is 20.1 Å². The van der Waals surface area contributed by atoms with Crippen molar-refractivity contribution in [3.63, 3.8) is 0 Å². The van der Waals surface area contributed by atoms with Crippen LogP contribution in [-0.2, 0) is 13.6 Å². The number of likely N-dealkylation sites (tertiary alicyclic amines) is 1. The topological polar surface area (TPSA) is 72.3 Å². The third kappa shape index (κ3) is 4.65. The molecule has 34 heavy (non-hydrogen) atoms. The average molecular weight is 456 g/mol. The lowest BCUT2D eigenvalue weighted by Crippen LogP contribution is -2.29. The molecule has 1 N–H and O–H groups in total. The van der Waals surface area contributed by atoms with Crippen LogP contribution in [0, 0.1) is 0 Å². The predicted octanol–water partition coefficient (Wildman–Crippen LogP) is 4.77. The minimum atomic E-state index is -0.253. The molecule has 0 atom stereocenters. The summed E-state index contributed by atoms with van der Waals surface area (Å²) in [5.41, 5.74) is 4.62. The maximum absolute atomic E-state index is 11.8. The summed E-state index contributed by atoms with van der Waals surface area (Å²) in [5.74, 6) is 1.87. The standard InChI is InChI=1S/C27H29N5O2/c1-28-27(33)24-17-22(12-13-29-24)34-21-10-11-25-23(16-21)30-26(31(25)2)20-8-6-19(7-9-20)18-32-14-4-3-5-15-32/h6-13,16-17H,3-5,14-15,18H2,1-2H3,(H,28,33). The molecule has 174 valence electrons. The molecule has 0 saturated carbocycles. The third-order valence-electron chi connectivity index (χ3n) is 6.35. The van der Waals surface area contributed by atoms with Crippen molar-refractivity contribution < 1.29 is 9.53 Å². The number of aryl methyl sites for hydroxylation is 1. The van der Waals surface area contributed by atoms with Crippen molar-refractivity contribution in [1.82, 2.24) is 24.8 Å². The van der Waals surface area contributed by atoms with Gasteiger partial charge < -0.3 is 14.6 Å². The molecule has 1 amide bonds. The van der Waals surface area contributed by atoms with Gasteiger partial charge in [-0.25, -0.2) is 4.98 Å². The second kappa shape index (κ2) is 9.65. The maximum atomic E-state index is 11.8. The Kier molecular flexibility index (Phi) is 6.27. The summed E-state index contributed by atoms with van der Waals surface area (Å²) < 4.78 is 8.10. The van der Waals surface area contributed by atoms with Crippen LogP contribution in [0.25, 0.3) is 22.4 Å². The van der Waals surface area contributed by atoms with Crippen molar-refractivity contribution in [2.24, 2.45) is 7.05 Å². The number of benzene rings is 2. The van der Waals surface area contributed by atoms with E-state index in [1.165, 1.54) is 37.9 Å². The molecule has 7 nitrogen and oxygen atoms in total. The Morgan fingerprint density at radius 1 is 1.00 bits per heavy atom. The van der Waals surface area contributed by atoms with Crippen LogP contribution in [-0.4, -0.2) is 45.5 Å². The first-order valence-electron chi connectivity index (χ1n) is 11.7.